The Morgan fingerprint density at radius 3 is 2.34 bits per heavy atom. The zero-order chi connectivity index (χ0) is 25.1. The van der Waals surface area contributed by atoms with Gasteiger partial charge in [-0.3, -0.25) is 14.2 Å². The number of anilines is 3. The second kappa shape index (κ2) is 9.59. The van der Waals surface area contributed by atoms with Gasteiger partial charge in [0.1, 0.15) is 5.56 Å². The van der Waals surface area contributed by atoms with Crippen LogP contribution in [-0.4, -0.2) is 40.6 Å². The second-order valence-electron chi connectivity index (χ2n) is 7.10. The van der Waals surface area contributed by atoms with E-state index in [1.807, 2.05) is 0 Å². The third-order valence-electron chi connectivity index (χ3n) is 5.06. The van der Waals surface area contributed by atoms with Crippen molar-refractivity contribution in [3.63, 3.8) is 0 Å². The monoisotopic (exact) mass is 479 g/mol. The van der Waals surface area contributed by atoms with Crippen molar-refractivity contribution in [1.29, 1.82) is 0 Å². The van der Waals surface area contributed by atoms with Gasteiger partial charge < -0.3 is 20.1 Å². The van der Waals surface area contributed by atoms with Crippen molar-refractivity contribution >= 4 is 40.2 Å². The number of carbonyl (C=O) groups excluding carboxylic acids is 2. The van der Waals surface area contributed by atoms with Crippen LogP contribution in [-0.2, 0) is 4.79 Å². The molecule has 35 heavy (non-hydrogen) atoms. The zero-order valence-electron chi connectivity index (χ0n) is 18.6. The Morgan fingerprint density at radius 2 is 1.71 bits per heavy atom. The third kappa shape index (κ3) is 4.38. The standard InChI is InChI=1S/C24H19F2N5O4/c1-4-19(32)28-13-7-5-6-8-14(13)29-24-27-12-16-15(30-24)9-10-31(16)23(33)20-21(25)17(34-2)11-18(35-3)22(20)26/h4-12H,1H2,2-3H3,(H,28,32)(H,27,29,30). The minimum absolute atomic E-state index is 0.170. The molecule has 0 unspecified atom stereocenters. The van der Waals surface area contributed by atoms with E-state index in [-0.39, 0.29) is 28.9 Å². The molecule has 0 radical (unpaired) electrons. The first-order valence-electron chi connectivity index (χ1n) is 10.2. The second-order valence-corrected chi connectivity index (χ2v) is 7.10. The lowest BCUT2D eigenvalue weighted by atomic mass is 10.1. The lowest BCUT2D eigenvalue weighted by molar-refractivity contribution is -0.111. The zero-order valence-corrected chi connectivity index (χ0v) is 18.6. The molecule has 1 amide bonds. The fourth-order valence-corrected chi connectivity index (χ4v) is 3.36. The molecule has 4 aromatic rings. The van der Waals surface area contributed by atoms with Crippen LogP contribution < -0.4 is 20.1 Å². The summed E-state index contributed by atoms with van der Waals surface area (Å²) in [4.78, 5) is 33.3. The molecule has 0 saturated heterocycles. The van der Waals surface area contributed by atoms with Gasteiger partial charge in [-0.05, 0) is 24.3 Å². The Hall–Kier alpha value is -4.80. The maximum atomic E-state index is 14.8. The number of fused-ring (bicyclic) bond motifs is 1. The van der Waals surface area contributed by atoms with Crippen molar-refractivity contribution in [2.45, 2.75) is 0 Å². The van der Waals surface area contributed by atoms with Crippen molar-refractivity contribution in [1.82, 2.24) is 14.5 Å². The average molecular weight is 479 g/mol. The number of nitrogens with one attached hydrogen (secondary N) is 2. The van der Waals surface area contributed by atoms with E-state index >= 15 is 0 Å². The summed E-state index contributed by atoms with van der Waals surface area (Å²) >= 11 is 0. The minimum Gasteiger partial charge on any atom is -0.494 e. The van der Waals surface area contributed by atoms with Crippen LogP contribution >= 0.6 is 0 Å². The number of rotatable bonds is 7. The van der Waals surface area contributed by atoms with Crippen molar-refractivity contribution in [2.24, 2.45) is 0 Å². The summed E-state index contributed by atoms with van der Waals surface area (Å²) in [5, 5.41) is 5.66. The smallest absolute Gasteiger partial charge is 0.268 e. The Morgan fingerprint density at radius 1 is 1.06 bits per heavy atom. The van der Waals surface area contributed by atoms with Crippen LogP contribution in [0.5, 0.6) is 11.5 Å². The van der Waals surface area contributed by atoms with Gasteiger partial charge in [0, 0.05) is 12.3 Å². The van der Waals surface area contributed by atoms with Crippen molar-refractivity contribution in [2.75, 3.05) is 24.9 Å². The average Bonchev–Trinajstić information content (AvgIpc) is 3.28. The van der Waals surface area contributed by atoms with E-state index in [9.17, 15) is 18.4 Å². The summed E-state index contributed by atoms with van der Waals surface area (Å²) in [6, 6.07) is 9.41. The van der Waals surface area contributed by atoms with Crippen molar-refractivity contribution in [3.8, 4) is 11.5 Å². The van der Waals surface area contributed by atoms with Gasteiger partial charge in [0.25, 0.3) is 5.91 Å². The molecule has 2 aromatic heterocycles. The number of halogens is 2. The number of ether oxygens (including phenoxy) is 2. The lowest BCUT2D eigenvalue weighted by Gasteiger charge is -2.13. The molecule has 2 N–H and O–H groups in total. The number of hydrogen-bond donors (Lipinski definition) is 2. The molecule has 0 spiro atoms. The quantitative estimate of drug-likeness (QED) is 0.381. The highest BCUT2D eigenvalue weighted by Crippen LogP contribution is 2.32. The Balaban J connectivity index is 1.69. The van der Waals surface area contributed by atoms with Gasteiger partial charge in [0.15, 0.2) is 23.1 Å². The summed E-state index contributed by atoms with van der Waals surface area (Å²) in [5.74, 6) is -4.21. The molecular formula is C24H19F2N5O4. The fourth-order valence-electron chi connectivity index (χ4n) is 3.36. The molecule has 9 nitrogen and oxygen atoms in total. The van der Waals surface area contributed by atoms with Crippen LogP contribution in [0.3, 0.4) is 0 Å². The molecule has 178 valence electrons. The first-order chi connectivity index (χ1) is 16.9. The molecule has 0 aliphatic rings. The molecule has 0 aliphatic heterocycles. The third-order valence-corrected chi connectivity index (χ3v) is 5.06. The highest BCUT2D eigenvalue weighted by atomic mass is 19.1. The fraction of sp³-hybridized carbons (Fsp3) is 0.0833. The summed E-state index contributed by atoms with van der Waals surface area (Å²) in [6.07, 6.45) is 3.80. The van der Waals surface area contributed by atoms with Gasteiger partial charge in [0.05, 0.1) is 42.8 Å². The molecular weight excluding hydrogens is 460 g/mol. The number of carbonyl (C=O) groups is 2. The van der Waals surface area contributed by atoms with E-state index in [1.54, 1.807) is 24.3 Å². The number of aromatic nitrogens is 3. The SMILES string of the molecule is C=CC(=O)Nc1ccccc1Nc1ncc2c(ccn2C(=O)c2c(F)c(OC)cc(OC)c2F)n1. The van der Waals surface area contributed by atoms with Gasteiger partial charge in [-0.1, -0.05) is 18.7 Å². The predicted molar refractivity (Wildman–Crippen MR) is 125 cm³/mol. The lowest BCUT2D eigenvalue weighted by Crippen LogP contribution is -2.16. The Labute approximate surface area is 198 Å². The molecule has 4 rings (SSSR count). The van der Waals surface area contributed by atoms with Crippen LogP contribution in [0.2, 0.25) is 0 Å². The van der Waals surface area contributed by atoms with Gasteiger partial charge in [-0.2, -0.15) is 0 Å². The highest BCUT2D eigenvalue weighted by molar-refractivity contribution is 6.03. The number of para-hydroxylation sites is 2. The molecule has 0 fully saturated rings. The Kier molecular flexibility index (Phi) is 6.40. The molecule has 11 heteroatoms. The molecule has 2 heterocycles. The first-order valence-corrected chi connectivity index (χ1v) is 10.2. The maximum Gasteiger partial charge on any atom is 0.268 e. The first kappa shape index (κ1) is 23.4. The van der Waals surface area contributed by atoms with Crippen molar-refractivity contribution < 1.29 is 27.8 Å². The summed E-state index contributed by atoms with van der Waals surface area (Å²) < 4.78 is 40.5. The van der Waals surface area contributed by atoms with Gasteiger partial charge in [0.2, 0.25) is 11.9 Å². The molecule has 0 bridgehead atoms. The highest BCUT2D eigenvalue weighted by Gasteiger charge is 2.27. The number of benzene rings is 2. The molecule has 0 aliphatic carbocycles. The Bertz CT molecular complexity index is 1440. The van der Waals surface area contributed by atoms with E-state index in [2.05, 4.69) is 27.2 Å². The van der Waals surface area contributed by atoms with E-state index in [0.29, 0.717) is 16.9 Å². The van der Waals surface area contributed by atoms with Crippen LogP contribution in [0.4, 0.5) is 26.1 Å². The van der Waals surface area contributed by atoms with Crippen LogP contribution in [0, 0.1) is 11.6 Å². The normalized spacial score (nSPS) is 10.6. The van der Waals surface area contributed by atoms with E-state index < -0.39 is 23.1 Å². The topological polar surface area (TPSA) is 107 Å². The number of hydrogen-bond acceptors (Lipinski definition) is 7. The largest absolute Gasteiger partial charge is 0.494 e. The maximum absolute atomic E-state index is 14.8. The number of amides is 1. The molecule has 0 atom stereocenters. The summed E-state index contributed by atoms with van der Waals surface area (Å²) in [7, 11) is 2.39. The van der Waals surface area contributed by atoms with E-state index in [1.165, 1.54) is 32.7 Å². The summed E-state index contributed by atoms with van der Waals surface area (Å²) in [6.45, 7) is 3.43. The van der Waals surface area contributed by atoms with E-state index in [0.717, 1.165) is 16.7 Å². The number of methoxy groups -OCH3 is 2. The predicted octanol–water partition coefficient (Wildman–Crippen LogP) is 4.28. The van der Waals surface area contributed by atoms with E-state index in [4.69, 9.17) is 9.47 Å². The van der Waals surface area contributed by atoms with Gasteiger partial charge >= 0.3 is 0 Å². The van der Waals surface area contributed by atoms with Gasteiger partial charge in [-0.15, -0.1) is 0 Å². The molecule has 0 saturated carbocycles. The van der Waals surface area contributed by atoms with Gasteiger partial charge in [-0.25, -0.2) is 18.7 Å². The minimum atomic E-state index is -1.16. The van der Waals surface area contributed by atoms with Crippen molar-refractivity contribution in [3.05, 3.63) is 78.6 Å². The number of nitrogens with zero attached hydrogens (tertiary/aromatic N) is 3. The van der Waals surface area contributed by atoms with Crippen LogP contribution in [0.1, 0.15) is 10.4 Å². The van der Waals surface area contributed by atoms with Crippen LogP contribution in [0.25, 0.3) is 11.0 Å². The molecule has 2 aromatic carbocycles. The van der Waals surface area contributed by atoms with Crippen LogP contribution in [0.15, 0.2) is 61.4 Å². The summed E-state index contributed by atoms with van der Waals surface area (Å²) in [5.41, 5.74) is 0.707.